The normalized spacial score (nSPS) is 20.6. The maximum Gasteiger partial charge on any atom is 0.129 e. The number of likely N-dealkylation sites (N-methyl/N-ethyl adjacent to an activating group) is 1. The van der Waals surface area contributed by atoms with Crippen molar-refractivity contribution >= 4 is 11.5 Å². The first-order chi connectivity index (χ1) is 7.90. The number of pyridine rings is 1. The quantitative estimate of drug-likeness (QED) is 0.800. The van der Waals surface area contributed by atoms with Crippen LogP contribution in [-0.2, 0) is 0 Å². The molecule has 1 aliphatic heterocycles. The van der Waals surface area contributed by atoms with Gasteiger partial charge in [0.05, 0.1) is 11.9 Å². The Morgan fingerprint density at radius 1 is 1.35 bits per heavy atom. The van der Waals surface area contributed by atoms with Crippen LogP contribution < -0.4 is 10.6 Å². The number of nitrogens with zero attached hydrogens (tertiary/aromatic N) is 3. The van der Waals surface area contributed by atoms with Crippen LogP contribution in [0.15, 0.2) is 12.3 Å². The summed E-state index contributed by atoms with van der Waals surface area (Å²) in [7, 11) is 2.18. The summed E-state index contributed by atoms with van der Waals surface area (Å²) < 4.78 is 0. The predicted octanol–water partition coefficient (Wildman–Crippen LogP) is 1.50. The summed E-state index contributed by atoms with van der Waals surface area (Å²) in [6.45, 7) is 9.66. The van der Waals surface area contributed by atoms with E-state index in [-0.39, 0.29) is 5.54 Å². The van der Waals surface area contributed by atoms with Gasteiger partial charge in [0.2, 0.25) is 0 Å². The third-order valence-electron chi connectivity index (χ3n) is 3.78. The summed E-state index contributed by atoms with van der Waals surface area (Å²) in [5, 5.41) is 0. The van der Waals surface area contributed by atoms with Crippen molar-refractivity contribution in [3.05, 3.63) is 17.8 Å². The van der Waals surface area contributed by atoms with Gasteiger partial charge in [0, 0.05) is 25.2 Å². The van der Waals surface area contributed by atoms with Crippen molar-refractivity contribution < 1.29 is 0 Å². The number of rotatable bonds is 1. The van der Waals surface area contributed by atoms with Gasteiger partial charge in [-0.15, -0.1) is 0 Å². The van der Waals surface area contributed by atoms with Gasteiger partial charge in [0.25, 0.3) is 0 Å². The predicted molar refractivity (Wildman–Crippen MR) is 72.3 cm³/mol. The van der Waals surface area contributed by atoms with Crippen molar-refractivity contribution in [2.45, 2.75) is 26.3 Å². The largest absolute Gasteiger partial charge is 0.397 e. The van der Waals surface area contributed by atoms with E-state index in [1.165, 1.54) is 0 Å². The molecule has 2 rings (SSSR count). The Morgan fingerprint density at radius 3 is 2.65 bits per heavy atom. The Hall–Kier alpha value is -1.29. The second-order valence-electron chi connectivity index (χ2n) is 5.55. The van der Waals surface area contributed by atoms with Crippen molar-refractivity contribution in [2.24, 2.45) is 0 Å². The molecule has 2 N–H and O–H groups in total. The number of nitrogen functional groups attached to an aromatic ring is 1. The summed E-state index contributed by atoms with van der Waals surface area (Å²) in [6, 6.07) is 2.08. The third kappa shape index (κ3) is 2.36. The fourth-order valence-electron chi connectivity index (χ4n) is 2.16. The highest BCUT2D eigenvalue weighted by Crippen LogP contribution is 2.24. The Kier molecular flexibility index (Phi) is 3.00. The summed E-state index contributed by atoms with van der Waals surface area (Å²) in [5.74, 6) is 1.04. The lowest BCUT2D eigenvalue weighted by Crippen LogP contribution is -2.57. The van der Waals surface area contributed by atoms with Gasteiger partial charge in [-0.25, -0.2) is 4.98 Å². The van der Waals surface area contributed by atoms with Crippen molar-refractivity contribution in [3.8, 4) is 0 Å². The van der Waals surface area contributed by atoms with E-state index in [0.717, 1.165) is 36.7 Å². The molecule has 4 nitrogen and oxygen atoms in total. The van der Waals surface area contributed by atoms with Crippen LogP contribution in [0.1, 0.15) is 19.4 Å². The molecule has 4 heteroatoms. The molecule has 1 aliphatic rings. The minimum absolute atomic E-state index is 0.190. The van der Waals surface area contributed by atoms with Gasteiger partial charge in [0.1, 0.15) is 5.82 Å². The standard InChI is InChI=1S/C13H22N4/c1-10-7-12(15-8-11(10)14)17-6-5-16(4)13(2,3)9-17/h7-8H,5-6,9,14H2,1-4H3. The highest BCUT2D eigenvalue weighted by molar-refractivity contribution is 5.52. The lowest BCUT2D eigenvalue weighted by molar-refractivity contribution is 0.138. The fourth-order valence-corrected chi connectivity index (χ4v) is 2.16. The number of nitrogens with two attached hydrogens (primary N) is 1. The molecule has 1 aromatic heterocycles. The molecule has 0 aromatic carbocycles. The van der Waals surface area contributed by atoms with Crippen LogP contribution in [0.5, 0.6) is 0 Å². The second kappa shape index (κ2) is 4.18. The van der Waals surface area contributed by atoms with Crippen molar-refractivity contribution in [1.29, 1.82) is 0 Å². The molecular formula is C13H22N4. The Morgan fingerprint density at radius 2 is 2.06 bits per heavy atom. The zero-order chi connectivity index (χ0) is 12.6. The summed E-state index contributed by atoms with van der Waals surface area (Å²) in [6.07, 6.45) is 1.76. The van der Waals surface area contributed by atoms with Crippen molar-refractivity contribution in [2.75, 3.05) is 37.3 Å². The topological polar surface area (TPSA) is 45.4 Å². The maximum atomic E-state index is 5.80. The van der Waals surface area contributed by atoms with E-state index in [2.05, 4.69) is 41.7 Å². The van der Waals surface area contributed by atoms with Crippen LogP contribution >= 0.6 is 0 Å². The molecule has 0 amide bonds. The SMILES string of the molecule is Cc1cc(N2CCN(C)C(C)(C)C2)ncc1N. The molecule has 17 heavy (non-hydrogen) atoms. The van der Waals surface area contributed by atoms with E-state index < -0.39 is 0 Å². The monoisotopic (exact) mass is 234 g/mol. The highest BCUT2D eigenvalue weighted by Gasteiger charge is 2.31. The third-order valence-corrected chi connectivity index (χ3v) is 3.78. The van der Waals surface area contributed by atoms with Gasteiger partial charge >= 0.3 is 0 Å². The highest BCUT2D eigenvalue weighted by atomic mass is 15.3. The molecule has 0 aliphatic carbocycles. The fraction of sp³-hybridized carbons (Fsp3) is 0.615. The maximum absolute atomic E-state index is 5.80. The zero-order valence-electron chi connectivity index (χ0n) is 11.2. The average Bonchev–Trinajstić information content (AvgIpc) is 2.26. The van der Waals surface area contributed by atoms with Crippen molar-refractivity contribution in [3.63, 3.8) is 0 Å². The molecule has 0 saturated carbocycles. The van der Waals surface area contributed by atoms with E-state index in [4.69, 9.17) is 5.73 Å². The summed E-state index contributed by atoms with van der Waals surface area (Å²) in [5.41, 5.74) is 7.86. The average molecular weight is 234 g/mol. The number of anilines is 2. The second-order valence-corrected chi connectivity index (χ2v) is 5.55. The van der Waals surface area contributed by atoms with E-state index in [1.54, 1.807) is 6.20 Å². The van der Waals surface area contributed by atoms with Gasteiger partial charge in [-0.3, -0.25) is 4.90 Å². The molecule has 0 unspecified atom stereocenters. The first-order valence-corrected chi connectivity index (χ1v) is 6.08. The molecule has 1 fully saturated rings. The lowest BCUT2D eigenvalue weighted by atomic mass is 10.00. The Labute approximate surface area is 103 Å². The van der Waals surface area contributed by atoms with E-state index in [0.29, 0.717) is 0 Å². The minimum atomic E-state index is 0.190. The minimum Gasteiger partial charge on any atom is -0.397 e. The van der Waals surface area contributed by atoms with Gasteiger partial charge in [-0.05, 0) is 39.4 Å². The van der Waals surface area contributed by atoms with E-state index in [9.17, 15) is 0 Å². The molecule has 0 bridgehead atoms. The smallest absolute Gasteiger partial charge is 0.129 e. The van der Waals surface area contributed by atoms with Crippen LogP contribution in [0.3, 0.4) is 0 Å². The first-order valence-electron chi connectivity index (χ1n) is 6.08. The Balaban J connectivity index is 2.21. The Bertz CT molecular complexity index is 414. The zero-order valence-corrected chi connectivity index (χ0v) is 11.2. The van der Waals surface area contributed by atoms with Gasteiger partial charge < -0.3 is 10.6 Å². The molecule has 1 saturated heterocycles. The summed E-state index contributed by atoms with van der Waals surface area (Å²) in [4.78, 5) is 9.17. The molecule has 0 spiro atoms. The van der Waals surface area contributed by atoms with Crippen LogP contribution in [0.2, 0.25) is 0 Å². The van der Waals surface area contributed by atoms with Crippen LogP contribution in [0, 0.1) is 6.92 Å². The number of hydrogen-bond donors (Lipinski definition) is 1. The van der Waals surface area contributed by atoms with Crippen LogP contribution in [0.4, 0.5) is 11.5 Å². The van der Waals surface area contributed by atoms with Crippen LogP contribution in [-0.4, -0.2) is 42.1 Å². The molecule has 94 valence electrons. The van der Waals surface area contributed by atoms with Gasteiger partial charge in [-0.1, -0.05) is 0 Å². The van der Waals surface area contributed by atoms with Gasteiger partial charge in [0.15, 0.2) is 0 Å². The molecular weight excluding hydrogens is 212 g/mol. The van der Waals surface area contributed by atoms with Gasteiger partial charge in [-0.2, -0.15) is 0 Å². The summed E-state index contributed by atoms with van der Waals surface area (Å²) >= 11 is 0. The number of aromatic nitrogens is 1. The number of aryl methyl sites for hydroxylation is 1. The van der Waals surface area contributed by atoms with Crippen LogP contribution in [0.25, 0.3) is 0 Å². The molecule has 1 aromatic rings. The first kappa shape index (κ1) is 12.2. The molecule has 0 radical (unpaired) electrons. The molecule has 0 atom stereocenters. The number of piperazine rings is 1. The van der Waals surface area contributed by atoms with Crippen molar-refractivity contribution in [1.82, 2.24) is 9.88 Å². The van der Waals surface area contributed by atoms with E-state index in [1.807, 2.05) is 6.92 Å². The van der Waals surface area contributed by atoms with E-state index >= 15 is 0 Å². The lowest BCUT2D eigenvalue weighted by Gasteiger charge is -2.45. The number of hydrogen-bond acceptors (Lipinski definition) is 4. The molecule has 2 heterocycles.